The quantitative estimate of drug-likeness (QED) is 0.207. The van der Waals surface area contributed by atoms with E-state index in [9.17, 15) is 18.4 Å². The van der Waals surface area contributed by atoms with Crippen molar-refractivity contribution in [3.8, 4) is 17.5 Å². The van der Waals surface area contributed by atoms with Gasteiger partial charge in [-0.1, -0.05) is 38.8 Å². The lowest BCUT2D eigenvalue weighted by Crippen LogP contribution is -2.37. The Hall–Kier alpha value is -4.07. The van der Waals surface area contributed by atoms with E-state index in [0.717, 1.165) is 22.4 Å². The molecule has 0 unspecified atom stereocenters. The standard InChI is InChI=1S/C30H31F2N5O2S/c1-6-8-26(38)34-20-9-7-10-21(16-20)37-23-12-11-19(17-33-18(2)30(3,4)5)15-22(23)35-29(37)36-28(39)25-14-13-24(40-25)27(31)32/h7,9-16,18,27,33H,17H2,1-5H3,(H,34,38)(H,35,36,39)/t18-/m0/s1. The van der Waals surface area contributed by atoms with E-state index in [2.05, 4.69) is 55.5 Å². The van der Waals surface area contributed by atoms with E-state index in [1.165, 1.54) is 12.1 Å². The Bertz CT molecular complexity index is 1610. The van der Waals surface area contributed by atoms with E-state index >= 15 is 0 Å². The second-order valence-corrected chi connectivity index (χ2v) is 11.5. The zero-order valence-corrected chi connectivity index (χ0v) is 23.7. The highest BCUT2D eigenvalue weighted by atomic mass is 32.1. The van der Waals surface area contributed by atoms with E-state index in [1.807, 2.05) is 24.3 Å². The number of hydrogen-bond donors (Lipinski definition) is 3. The number of rotatable bonds is 8. The fourth-order valence-corrected chi connectivity index (χ4v) is 4.67. The van der Waals surface area contributed by atoms with Crippen molar-refractivity contribution >= 4 is 45.8 Å². The van der Waals surface area contributed by atoms with Crippen LogP contribution in [0.2, 0.25) is 0 Å². The fourth-order valence-electron chi connectivity index (χ4n) is 3.91. The van der Waals surface area contributed by atoms with Gasteiger partial charge in [0.25, 0.3) is 18.2 Å². The summed E-state index contributed by atoms with van der Waals surface area (Å²) in [6.45, 7) is 10.9. The lowest BCUT2D eigenvalue weighted by molar-refractivity contribution is -0.111. The number of fused-ring (bicyclic) bond motifs is 1. The Morgan fingerprint density at radius 1 is 1.07 bits per heavy atom. The normalized spacial score (nSPS) is 12.2. The van der Waals surface area contributed by atoms with Crippen molar-refractivity contribution < 1.29 is 18.4 Å². The first kappa shape index (κ1) is 28.9. The Morgan fingerprint density at radius 3 is 2.52 bits per heavy atom. The molecule has 2 aromatic heterocycles. The number of hydrogen-bond acceptors (Lipinski definition) is 5. The molecule has 10 heteroatoms. The molecule has 0 radical (unpaired) electrons. The maximum Gasteiger partial charge on any atom is 0.300 e. The molecule has 1 atom stereocenters. The highest BCUT2D eigenvalue weighted by Gasteiger charge is 2.21. The summed E-state index contributed by atoms with van der Waals surface area (Å²) in [5.41, 5.74) is 3.62. The second kappa shape index (κ2) is 12.0. The summed E-state index contributed by atoms with van der Waals surface area (Å²) in [7, 11) is 0. The molecule has 0 fully saturated rings. The van der Waals surface area contributed by atoms with Crippen molar-refractivity contribution in [3.05, 3.63) is 69.9 Å². The van der Waals surface area contributed by atoms with Gasteiger partial charge < -0.3 is 10.6 Å². The number of carbonyl (C=O) groups is 2. The maximum atomic E-state index is 13.1. The van der Waals surface area contributed by atoms with Crippen LogP contribution in [0.15, 0.2) is 54.6 Å². The Balaban J connectivity index is 1.73. The van der Waals surface area contributed by atoms with E-state index in [-0.39, 0.29) is 27.2 Å². The number of nitrogens with zero attached hydrogens (tertiary/aromatic N) is 2. The van der Waals surface area contributed by atoms with Crippen LogP contribution in [0.25, 0.3) is 16.7 Å². The molecule has 0 spiro atoms. The summed E-state index contributed by atoms with van der Waals surface area (Å²) in [4.78, 5) is 29.8. The molecule has 0 aliphatic carbocycles. The minimum Gasteiger partial charge on any atom is -0.315 e. The molecular weight excluding hydrogens is 532 g/mol. The van der Waals surface area contributed by atoms with Crippen LogP contribution < -0.4 is 16.0 Å². The molecule has 3 N–H and O–H groups in total. The first-order chi connectivity index (χ1) is 19.0. The molecule has 7 nitrogen and oxygen atoms in total. The summed E-state index contributed by atoms with van der Waals surface area (Å²) in [6, 6.07) is 15.8. The summed E-state index contributed by atoms with van der Waals surface area (Å²) in [5.74, 6) is 4.24. The largest absolute Gasteiger partial charge is 0.315 e. The van der Waals surface area contributed by atoms with Gasteiger partial charge in [-0.05, 0) is 73.2 Å². The second-order valence-electron chi connectivity index (χ2n) is 10.4. The topological polar surface area (TPSA) is 88.1 Å². The Morgan fingerprint density at radius 2 is 1.85 bits per heavy atom. The Kier molecular flexibility index (Phi) is 8.67. The van der Waals surface area contributed by atoms with Crippen molar-refractivity contribution in [3.63, 3.8) is 0 Å². The lowest BCUT2D eigenvalue weighted by Gasteiger charge is -2.28. The van der Waals surface area contributed by atoms with Gasteiger partial charge in [-0.2, -0.15) is 0 Å². The van der Waals surface area contributed by atoms with Crippen LogP contribution >= 0.6 is 11.3 Å². The number of alkyl halides is 2. The minimum absolute atomic E-state index is 0.0955. The molecule has 40 heavy (non-hydrogen) atoms. The number of nitrogens with one attached hydrogen (secondary N) is 3. The van der Waals surface area contributed by atoms with Crippen LogP contribution in [0.5, 0.6) is 0 Å². The van der Waals surface area contributed by atoms with Crippen molar-refractivity contribution in [2.24, 2.45) is 5.41 Å². The molecular formula is C30H31F2N5O2S. The first-order valence-electron chi connectivity index (χ1n) is 12.7. The zero-order valence-electron chi connectivity index (χ0n) is 22.9. The van der Waals surface area contributed by atoms with Crippen LogP contribution in [0, 0.1) is 17.3 Å². The van der Waals surface area contributed by atoms with Gasteiger partial charge in [-0.15, -0.1) is 11.3 Å². The van der Waals surface area contributed by atoms with Crippen molar-refractivity contribution in [2.45, 2.75) is 53.6 Å². The molecule has 4 rings (SSSR count). The smallest absolute Gasteiger partial charge is 0.300 e. The molecule has 4 aromatic rings. The minimum atomic E-state index is -2.65. The molecule has 0 saturated carbocycles. The lowest BCUT2D eigenvalue weighted by atomic mass is 9.88. The molecule has 208 valence electrons. The predicted octanol–water partition coefficient (Wildman–Crippen LogP) is 6.76. The molecule has 0 bridgehead atoms. The third-order valence-electron chi connectivity index (χ3n) is 6.52. The van der Waals surface area contributed by atoms with Gasteiger partial charge >= 0.3 is 0 Å². The van der Waals surface area contributed by atoms with Crippen molar-refractivity contribution in [1.82, 2.24) is 14.9 Å². The third-order valence-corrected chi connectivity index (χ3v) is 7.61. The van der Waals surface area contributed by atoms with E-state index < -0.39 is 18.2 Å². The SMILES string of the molecule is CC#CC(=O)Nc1cccc(-n2c(NC(=O)c3ccc(C(F)F)s3)nc3cc(CN[C@@H](C)C(C)(C)C)ccc32)c1. The summed E-state index contributed by atoms with van der Waals surface area (Å²) < 4.78 is 28.0. The van der Waals surface area contributed by atoms with E-state index in [0.29, 0.717) is 23.4 Å². The molecule has 2 amide bonds. The average molecular weight is 564 g/mol. The maximum absolute atomic E-state index is 13.1. The van der Waals surface area contributed by atoms with Crippen molar-refractivity contribution in [1.29, 1.82) is 0 Å². The fraction of sp³-hybridized carbons (Fsp3) is 0.300. The molecule has 2 aromatic carbocycles. The van der Waals surface area contributed by atoms with Gasteiger partial charge in [0.15, 0.2) is 0 Å². The number of halogens is 2. The highest BCUT2D eigenvalue weighted by Crippen LogP contribution is 2.30. The number of anilines is 2. The Labute approximate surface area is 236 Å². The van der Waals surface area contributed by atoms with Gasteiger partial charge in [0.1, 0.15) is 0 Å². The van der Waals surface area contributed by atoms with Gasteiger partial charge in [-0.25, -0.2) is 13.8 Å². The van der Waals surface area contributed by atoms with Crippen LogP contribution in [-0.2, 0) is 11.3 Å². The highest BCUT2D eigenvalue weighted by molar-refractivity contribution is 7.14. The average Bonchev–Trinajstić information content (AvgIpc) is 3.52. The van der Waals surface area contributed by atoms with Crippen molar-refractivity contribution in [2.75, 3.05) is 10.6 Å². The number of thiophene rings is 1. The first-order valence-corrected chi connectivity index (χ1v) is 13.6. The van der Waals surface area contributed by atoms with E-state index in [4.69, 9.17) is 4.98 Å². The van der Waals surface area contributed by atoms with Gasteiger partial charge in [0, 0.05) is 18.3 Å². The van der Waals surface area contributed by atoms with Crippen LogP contribution in [0.1, 0.15) is 61.2 Å². The van der Waals surface area contributed by atoms with Gasteiger partial charge in [0.2, 0.25) is 5.95 Å². The number of aromatic nitrogens is 2. The van der Waals surface area contributed by atoms with E-state index in [1.54, 1.807) is 29.7 Å². The molecule has 2 heterocycles. The number of amides is 2. The predicted molar refractivity (Wildman–Crippen MR) is 156 cm³/mol. The van der Waals surface area contributed by atoms with Gasteiger partial charge in [-0.3, -0.25) is 19.5 Å². The number of imidazole rings is 1. The third kappa shape index (κ3) is 6.73. The number of benzene rings is 2. The molecule has 0 aliphatic heterocycles. The summed E-state index contributed by atoms with van der Waals surface area (Å²) in [6.07, 6.45) is -2.65. The molecule has 0 aliphatic rings. The monoisotopic (exact) mass is 563 g/mol. The number of carbonyl (C=O) groups excluding carboxylic acids is 2. The van der Waals surface area contributed by atoms with Crippen LogP contribution in [-0.4, -0.2) is 27.4 Å². The zero-order chi connectivity index (χ0) is 29.0. The summed E-state index contributed by atoms with van der Waals surface area (Å²) >= 11 is 0.737. The van der Waals surface area contributed by atoms with Crippen LogP contribution in [0.4, 0.5) is 20.4 Å². The molecule has 0 saturated heterocycles. The summed E-state index contributed by atoms with van der Waals surface area (Å²) in [5, 5.41) is 9.06. The van der Waals surface area contributed by atoms with Gasteiger partial charge in [0.05, 0.1) is 26.5 Å². The van der Waals surface area contributed by atoms with Crippen LogP contribution in [0.3, 0.4) is 0 Å².